The highest BCUT2D eigenvalue weighted by Crippen LogP contribution is 2.30. The van der Waals surface area contributed by atoms with Gasteiger partial charge in [-0.3, -0.25) is 10.1 Å². The third-order valence-corrected chi connectivity index (χ3v) is 2.85. The zero-order valence-electron chi connectivity index (χ0n) is 9.41. The quantitative estimate of drug-likeness (QED) is 0.634. The third-order valence-electron chi connectivity index (χ3n) is 2.85. The second-order valence-electron chi connectivity index (χ2n) is 3.94. The molecule has 0 amide bonds. The van der Waals surface area contributed by atoms with E-state index >= 15 is 0 Å². The number of H-pyrrole nitrogens is 1. The molecular formula is C12H14N2O2. The first-order valence-corrected chi connectivity index (χ1v) is 5.39. The molecule has 0 bridgehead atoms. The summed E-state index contributed by atoms with van der Waals surface area (Å²) in [5.74, 6) is 0. The molecule has 84 valence electrons. The fourth-order valence-electron chi connectivity index (χ4n) is 2.10. The van der Waals surface area contributed by atoms with E-state index in [-0.39, 0.29) is 10.6 Å². The molecule has 0 spiro atoms. The van der Waals surface area contributed by atoms with Gasteiger partial charge in [-0.15, -0.1) is 0 Å². The van der Waals surface area contributed by atoms with Gasteiger partial charge in [-0.25, -0.2) is 0 Å². The van der Waals surface area contributed by atoms with Crippen molar-refractivity contribution < 1.29 is 4.92 Å². The van der Waals surface area contributed by atoms with E-state index in [2.05, 4.69) is 11.9 Å². The second kappa shape index (κ2) is 3.96. The van der Waals surface area contributed by atoms with Gasteiger partial charge in [-0.2, -0.15) is 0 Å². The average Bonchev–Trinajstić information content (AvgIpc) is 2.57. The van der Waals surface area contributed by atoms with E-state index < -0.39 is 0 Å². The van der Waals surface area contributed by atoms with Crippen molar-refractivity contribution in [3.8, 4) is 0 Å². The zero-order chi connectivity index (χ0) is 11.7. The lowest BCUT2D eigenvalue weighted by Crippen LogP contribution is -1.89. The van der Waals surface area contributed by atoms with E-state index in [1.165, 1.54) is 0 Å². The van der Waals surface area contributed by atoms with Crippen LogP contribution in [0.2, 0.25) is 0 Å². The van der Waals surface area contributed by atoms with Crippen molar-refractivity contribution in [2.75, 3.05) is 0 Å². The molecule has 0 unspecified atom stereocenters. The van der Waals surface area contributed by atoms with Gasteiger partial charge < -0.3 is 4.98 Å². The number of non-ortho nitro benzene ring substituents is 1. The van der Waals surface area contributed by atoms with Crippen molar-refractivity contribution in [2.45, 2.75) is 26.7 Å². The first-order valence-electron chi connectivity index (χ1n) is 5.39. The van der Waals surface area contributed by atoms with Crippen molar-refractivity contribution >= 4 is 16.6 Å². The van der Waals surface area contributed by atoms with Crippen LogP contribution in [0.5, 0.6) is 0 Å². The fourth-order valence-corrected chi connectivity index (χ4v) is 2.10. The lowest BCUT2D eigenvalue weighted by molar-refractivity contribution is -0.383. The molecule has 0 atom stereocenters. The van der Waals surface area contributed by atoms with Crippen LogP contribution in [0.3, 0.4) is 0 Å². The largest absolute Gasteiger partial charge is 0.358 e. The lowest BCUT2D eigenvalue weighted by atomic mass is 10.1. The van der Waals surface area contributed by atoms with Crippen molar-refractivity contribution in [2.24, 2.45) is 0 Å². The smallest absolute Gasteiger partial charge is 0.279 e. The second-order valence-corrected chi connectivity index (χ2v) is 3.94. The summed E-state index contributed by atoms with van der Waals surface area (Å²) < 4.78 is 0. The standard InChI is InChI=1S/C12H14N2O2/c1-3-5-9-8(2)12-10(13-9)6-4-7-11(12)14(15)16/h4,6-7,13H,3,5H2,1-2H3. The average molecular weight is 218 g/mol. The first kappa shape index (κ1) is 10.7. The van der Waals surface area contributed by atoms with Gasteiger partial charge in [0.2, 0.25) is 0 Å². The molecule has 0 aliphatic rings. The molecule has 0 saturated heterocycles. The van der Waals surface area contributed by atoms with Crippen LogP contribution in [-0.4, -0.2) is 9.91 Å². The molecule has 0 saturated carbocycles. The van der Waals surface area contributed by atoms with Crippen molar-refractivity contribution in [1.29, 1.82) is 0 Å². The Morgan fingerprint density at radius 1 is 1.44 bits per heavy atom. The van der Waals surface area contributed by atoms with Crippen LogP contribution in [0, 0.1) is 17.0 Å². The zero-order valence-corrected chi connectivity index (χ0v) is 9.41. The highest BCUT2D eigenvalue weighted by molar-refractivity contribution is 5.92. The number of aromatic nitrogens is 1. The molecule has 1 N–H and O–H groups in total. The Morgan fingerprint density at radius 3 is 2.81 bits per heavy atom. The maximum atomic E-state index is 10.9. The van der Waals surface area contributed by atoms with E-state index in [1.54, 1.807) is 12.1 Å². The molecule has 2 rings (SSSR count). The number of rotatable bonds is 3. The molecule has 0 aliphatic heterocycles. The molecule has 0 fully saturated rings. The summed E-state index contributed by atoms with van der Waals surface area (Å²) in [7, 11) is 0. The summed E-state index contributed by atoms with van der Waals surface area (Å²) >= 11 is 0. The minimum Gasteiger partial charge on any atom is -0.358 e. The molecule has 1 heterocycles. The van der Waals surface area contributed by atoms with Gasteiger partial charge in [-0.05, 0) is 25.0 Å². The van der Waals surface area contributed by atoms with E-state index in [1.807, 2.05) is 13.0 Å². The number of nitro groups is 1. The van der Waals surface area contributed by atoms with Crippen LogP contribution in [0.4, 0.5) is 5.69 Å². The number of hydrogen-bond acceptors (Lipinski definition) is 2. The lowest BCUT2D eigenvalue weighted by Gasteiger charge is -1.96. The number of aromatic amines is 1. The number of nitro benzene ring substituents is 1. The first-order chi connectivity index (χ1) is 7.65. The Morgan fingerprint density at radius 2 is 2.19 bits per heavy atom. The van der Waals surface area contributed by atoms with Crippen LogP contribution >= 0.6 is 0 Å². The number of nitrogens with zero attached hydrogens (tertiary/aromatic N) is 1. The molecule has 0 aliphatic carbocycles. The predicted molar refractivity (Wildman–Crippen MR) is 63.7 cm³/mol. The normalized spacial score (nSPS) is 10.9. The van der Waals surface area contributed by atoms with Crippen LogP contribution in [0.15, 0.2) is 18.2 Å². The molecule has 4 nitrogen and oxygen atoms in total. The highest BCUT2D eigenvalue weighted by Gasteiger charge is 2.17. The Bertz CT molecular complexity index is 543. The third kappa shape index (κ3) is 1.56. The van der Waals surface area contributed by atoms with Gasteiger partial charge in [0.25, 0.3) is 5.69 Å². The van der Waals surface area contributed by atoms with Crippen molar-refractivity contribution in [1.82, 2.24) is 4.98 Å². The molecule has 4 heteroatoms. The van der Waals surface area contributed by atoms with E-state index in [0.29, 0.717) is 0 Å². The summed E-state index contributed by atoms with van der Waals surface area (Å²) in [6.45, 7) is 4.04. The van der Waals surface area contributed by atoms with Gasteiger partial charge >= 0.3 is 0 Å². The van der Waals surface area contributed by atoms with Crippen LogP contribution < -0.4 is 0 Å². The summed E-state index contributed by atoms with van der Waals surface area (Å²) in [6.07, 6.45) is 1.96. The van der Waals surface area contributed by atoms with Gasteiger partial charge in [0.05, 0.1) is 15.8 Å². The minimum atomic E-state index is -0.321. The van der Waals surface area contributed by atoms with Crippen LogP contribution in [0.25, 0.3) is 10.9 Å². The topological polar surface area (TPSA) is 58.9 Å². The summed E-state index contributed by atoms with van der Waals surface area (Å²) in [4.78, 5) is 13.9. The molecular weight excluding hydrogens is 204 g/mol. The Kier molecular flexibility index (Phi) is 2.64. The Labute approximate surface area is 93.4 Å². The van der Waals surface area contributed by atoms with Gasteiger partial charge in [0.15, 0.2) is 0 Å². The van der Waals surface area contributed by atoms with Gasteiger partial charge in [-0.1, -0.05) is 19.4 Å². The maximum absolute atomic E-state index is 10.9. The van der Waals surface area contributed by atoms with Crippen molar-refractivity contribution in [3.05, 3.63) is 39.6 Å². The van der Waals surface area contributed by atoms with Gasteiger partial charge in [0.1, 0.15) is 0 Å². The summed E-state index contributed by atoms with van der Waals surface area (Å²) in [5.41, 5.74) is 3.15. The number of aryl methyl sites for hydroxylation is 2. The van der Waals surface area contributed by atoms with Crippen LogP contribution in [0.1, 0.15) is 24.6 Å². The number of benzene rings is 1. The fraction of sp³-hybridized carbons (Fsp3) is 0.333. The highest BCUT2D eigenvalue weighted by atomic mass is 16.6. The monoisotopic (exact) mass is 218 g/mol. The number of hydrogen-bond donors (Lipinski definition) is 1. The Balaban J connectivity index is 2.72. The number of fused-ring (bicyclic) bond motifs is 1. The molecule has 1 aromatic heterocycles. The molecule has 16 heavy (non-hydrogen) atoms. The molecule has 1 aromatic carbocycles. The van der Waals surface area contributed by atoms with Gasteiger partial charge in [0, 0.05) is 11.8 Å². The minimum absolute atomic E-state index is 0.189. The Hall–Kier alpha value is -1.84. The molecule has 2 aromatic rings. The molecule has 0 radical (unpaired) electrons. The van der Waals surface area contributed by atoms with Crippen molar-refractivity contribution in [3.63, 3.8) is 0 Å². The van der Waals surface area contributed by atoms with E-state index in [9.17, 15) is 10.1 Å². The SMILES string of the molecule is CCCc1[nH]c2cccc([N+](=O)[O-])c2c1C. The summed E-state index contributed by atoms with van der Waals surface area (Å²) in [5, 5.41) is 11.7. The maximum Gasteiger partial charge on any atom is 0.279 e. The van der Waals surface area contributed by atoms with E-state index in [4.69, 9.17) is 0 Å². The van der Waals surface area contributed by atoms with E-state index in [0.717, 1.165) is 35.0 Å². The number of nitrogens with one attached hydrogen (secondary N) is 1. The van der Waals surface area contributed by atoms with Crippen LogP contribution in [-0.2, 0) is 6.42 Å². The predicted octanol–water partition coefficient (Wildman–Crippen LogP) is 3.34. The summed E-state index contributed by atoms with van der Waals surface area (Å²) in [6, 6.07) is 5.15.